The third kappa shape index (κ3) is 1.62. The highest BCUT2D eigenvalue weighted by Gasteiger charge is 1.99. The van der Waals surface area contributed by atoms with E-state index in [1.165, 1.54) is 0 Å². The van der Waals surface area contributed by atoms with E-state index >= 15 is 0 Å². The molecule has 3 nitrogen and oxygen atoms in total. The largest absolute Gasteiger partial charge is 0.351 e. The Balaban J connectivity index is 2.74. The third-order valence-corrected chi connectivity index (χ3v) is 2.30. The van der Waals surface area contributed by atoms with E-state index in [0.717, 1.165) is 16.2 Å². The van der Waals surface area contributed by atoms with Crippen LogP contribution >= 0.6 is 22.6 Å². The van der Waals surface area contributed by atoms with Crippen LogP contribution in [0.15, 0.2) is 6.20 Å². The summed E-state index contributed by atoms with van der Waals surface area (Å²) < 4.78 is 0.972. The second-order valence-corrected chi connectivity index (χ2v) is 2.85. The lowest BCUT2D eigenvalue weighted by Gasteiger charge is -2.11. The summed E-state index contributed by atoms with van der Waals surface area (Å²) in [4.78, 5) is 9.32. The minimum absolute atomic E-state index is 0.965. The highest BCUT2D eigenvalue weighted by Crippen LogP contribution is 2.08. The molecule has 0 aliphatic carbocycles. The Morgan fingerprint density at radius 2 is 2.50 bits per heavy atom. The molecule has 1 rings (SSSR count). The van der Waals surface area contributed by atoms with Crippen molar-refractivity contribution in [3.05, 3.63) is 12.0 Å². The van der Waals surface area contributed by atoms with Gasteiger partial charge in [0.05, 0.1) is 10.7 Å². The summed E-state index contributed by atoms with van der Waals surface area (Å²) in [6, 6.07) is 0. The molecule has 1 aromatic heterocycles. The van der Waals surface area contributed by atoms with Crippen LogP contribution in [0.1, 0.15) is 5.82 Å². The van der Waals surface area contributed by atoms with Crippen molar-refractivity contribution in [3.8, 4) is 0 Å². The van der Waals surface area contributed by atoms with Gasteiger partial charge >= 0.3 is 0 Å². The molecule has 0 bridgehead atoms. The standard InChI is InChI=1S/C6H10IN3/c1-5-8-3-6(9-5)10(2)4-7/h3H,4H2,1-2H3,(H,8,9). The fraction of sp³-hybridized carbons (Fsp3) is 0.500. The SMILES string of the molecule is Cc1ncc(N(C)CI)[nH]1. The molecule has 0 aliphatic rings. The van der Waals surface area contributed by atoms with Gasteiger partial charge in [-0.25, -0.2) is 4.98 Å². The first-order valence-corrected chi connectivity index (χ1v) is 4.55. The Hall–Kier alpha value is -0.260. The second kappa shape index (κ2) is 3.23. The van der Waals surface area contributed by atoms with Gasteiger partial charge in [-0.05, 0) is 6.92 Å². The summed E-state index contributed by atoms with van der Waals surface area (Å²) in [7, 11) is 2.03. The Kier molecular flexibility index (Phi) is 2.53. The molecular formula is C6H10IN3. The van der Waals surface area contributed by atoms with Crippen molar-refractivity contribution in [3.63, 3.8) is 0 Å². The van der Waals surface area contributed by atoms with E-state index in [9.17, 15) is 0 Å². The summed E-state index contributed by atoms with van der Waals surface area (Å²) in [5, 5.41) is 0. The van der Waals surface area contributed by atoms with Crippen LogP contribution in [0.5, 0.6) is 0 Å². The number of rotatable bonds is 2. The summed E-state index contributed by atoms with van der Waals surface area (Å²) in [5.41, 5.74) is 0. The number of aromatic nitrogens is 2. The van der Waals surface area contributed by atoms with Crippen molar-refractivity contribution in [1.29, 1.82) is 0 Å². The maximum atomic E-state index is 4.09. The lowest BCUT2D eigenvalue weighted by molar-refractivity contribution is 1.06. The first-order chi connectivity index (χ1) is 4.74. The van der Waals surface area contributed by atoms with Gasteiger partial charge in [0.2, 0.25) is 0 Å². The summed E-state index contributed by atoms with van der Waals surface area (Å²) in [6.07, 6.45) is 1.84. The van der Waals surface area contributed by atoms with Gasteiger partial charge in [-0.1, -0.05) is 22.6 Å². The predicted octanol–water partition coefficient (Wildman–Crippen LogP) is 1.55. The Labute approximate surface area is 74.0 Å². The molecule has 0 spiro atoms. The molecule has 0 saturated heterocycles. The van der Waals surface area contributed by atoms with Gasteiger partial charge in [0.1, 0.15) is 11.6 Å². The number of imidazole rings is 1. The molecule has 0 aliphatic heterocycles. The molecule has 0 amide bonds. The molecular weight excluding hydrogens is 241 g/mol. The van der Waals surface area contributed by atoms with E-state index in [1.807, 2.05) is 20.2 Å². The van der Waals surface area contributed by atoms with Crippen LogP contribution in [-0.2, 0) is 0 Å². The highest BCUT2D eigenvalue weighted by molar-refractivity contribution is 14.1. The van der Waals surface area contributed by atoms with Crippen molar-refractivity contribution in [1.82, 2.24) is 9.97 Å². The number of hydrogen-bond donors (Lipinski definition) is 1. The zero-order valence-electron chi connectivity index (χ0n) is 6.06. The number of halogens is 1. The Morgan fingerprint density at radius 1 is 1.80 bits per heavy atom. The lowest BCUT2D eigenvalue weighted by Crippen LogP contribution is -2.13. The van der Waals surface area contributed by atoms with E-state index in [0.29, 0.717) is 0 Å². The Bertz CT molecular complexity index is 209. The van der Waals surface area contributed by atoms with Crippen LogP contribution in [0.25, 0.3) is 0 Å². The first-order valence-electron chi connectivity index (χ1n) is 3.02. The van der Waals surface area contributed by atoms with Gasteiger partial charge in [0.25, 0.3) is 0 Å². The zero-order valence-corrected chi connectivity index (χ0v) is 8.21. The molecule has 0 radical (unpaired) electrons. The number of H-pyrrole nitrogens is 1. The molecule has 4 heteroatoms. The lowest BCUT2D eigenvalue weighted by atomic mass is 10.7. The maximum Gasteiger partial charge on any atom is 0.126 e. The summed E-state index contributed by atoms with van der Waals surface area (Å²) in [6.45, 7) is 1.95. The molecule has 1 N–H and O–H groups in total. The highest BCUT2D eigenvalue weighted by atomic mass is 127. The van der Waals surface area contributed by atoms with E-state index in [4.69, 9.17) is 0 Å². The van der Waals surface area contributed by atoms with Crippen molar-refractivity contribution >= 4 is 28.4 Å². The van der Waals surface area contributed by atoms with Crippen LogP contribution < -0.4 is 4.90 Å². The van der Waals surface area contributed by atoms with Gasteiger partial charge < -0.3 is 9.88 Å². The fourth-order valence-electron chi connectivity index (χ4n) is 0.666. The number of hydrogen-bond acceptors (Lipinski definition) is 2. The summed E-state index contributed by atoms with van der Waals surface area (Å²) >= 11 is 2.30. The number of nitrogens with zero attached hydrogens (tertiary/aromatic N) is 2. The predicted molar refractivity (Wildman–Crippen MR) is 50.6 cm³/mol. The number of aryl methyl sites for hydroxylation is 1. The Morgan fingerprint density at radius 3 is 2.90 bits per heavy atom. The molecule has 0 aromatic carbocycles. The van der Waals surface area contributed by atoms with Crippen LogP contribution in [0.2, 0.25) is 0 Å². The minimum atomic E-state index is 0.965. The number of aromatic amines is 1. The average molecular weight is 251 g/mol. The van der Waals surface area contributed by atoms with Gasteiger partial charge in [-0.2, -0.15) is 0 Å². The quantitative estimate of drug-likeness (QED) is 0.491. The maximum absolute atomic E-state index is 4.09. The molecule has 56 valence electrons. The number of alkyl halides is 1. The average Bonchev–Trinajstić information content (AvgIpc) is 2.34. The fourth-order valence-corrected chi connectivity index (χ4v) is 1.03. The molecule has 0 saturated carbocycles. The van der Waals surface area contributed by atoms with Crippen LogP contribution in [-0.4, -0.2) is 21.6 Å². The summed E-state index contributed by atoms with van der Waals surface area (Å²) in [5.74, 6) is 2.04. The topological polar surface area (TPSA) is 31.9 Å². The zero-order chi connectivity index (χ0) is 7.56. The van der Waals surface area contributed by atoms with E-state index in [-0.39, 0.29) is 0 Å². The number of anilines is 1. The van der Waals surface area contributed by atoms with E-state index in [1.54, 1.807) is 0 Å². The van der Waals surface area contributed by atoms with Crippen LogP contribution in [0.4, 0.5) is 5.82 Å². The minimum Gasteiger partial charge on any atom is -0.351 e. The monoisotopic (exact) mass is 251 g/mol. The van der Waals surface area contributed by atoms with Gasteiger partial charge in [-0.3, -0.25) is 0 Å². The van der Waals surface area contributed by atoms with Gasteiger partial charge in [0, 0.05) is 7.05 Å². The molecule has 0 unspecified atom stereocenters. The third-order valence-electron chi connectivity index (χ3n) is 1.28. The smallest absolute Gasteiger partial charge is 0.126 e. The van der Waals surface area contributed by atoms with E-state index < -0.39 is 0 Å². The normalized spacial score (nSPS) is 9.90. The molecule has 1 heterocycles. The molecule has 0 atom stereocenters. The molecule has 0 fully saturated rings. The van der Waals surface area contributed by atoms with Crippen molar-refractivity contribution in [2.24, 2.45) is 0 Å². The van der Waals surface area contributed by atoms with Crippen LogP contribution in [0.3, 0.4) is 0 Å². The van der Waals surface area contributed by atoms with Crippen molar-refractivity contribution < 1.29 is 0 Å². The second-order valence-electron chi connectivity index (χ2n) is 2.17. The molecule has 10 heavy (non-hydrogen) atoms. The van der Waals surface area contributed by atoms with Crippen molar-refractivity contribution in [2.45, 2.75) is 6.92 Å². The van der Waals surface area contributed by atoms with Gasteiger partial charge in [0.15, 0.2) is 0 Å². The van der Waals surface area contributed by atoms with Crippen molar-refractivity contribution in [2.75, 3.05) is 16.5 Å². The van der Waals surface area contributed by atoms with Crippen LogP contribution in [0, 0.1) is 6.92 Å². The van der Waals surface area contributed by atoms with Gasteiger partial charge in [-0.15, -0.1) is 0 Å². The molecule has 1 aromatic rings. The van der Waals surface area contributed by atoms with E-state index in [2.05, 4.69) is 37.5 Å². The first kappa shape index (κ1) is 7.84. The number of nitrogens with one attached hydrogen (secondary N) is 1.